The zero-order valence-corrected chi connectivity index (χ0v) is 17.8. The second kappa shape index (κ2) is 9.80. The number of aromatic hydroxyl groups is 2. The number of hydrogen-bond acceptors (Lipinski definition) is 3. The average Bonchev–Trinajstić information content (AvgIpc) is 2.58. The van der Waals surface area contributed by atoms with Crippen molar-refractivity contribution >= 4 is 18.1 Å². The molecule has 2 aromatic carbocycles. The zero-order chi connectivity index (χ0) is 18.1. The second-order valence-corrected chi connectivity index (χ2v) is 13.5. The molecular weight excluding hydrogens is 344 g/mol. The maximum atomic E-state index is 9.82. The molecule has 0 saturated carbocycles. The Morgan fingerprint density at radius 3 is 1.92 bits per heavy atom. The third-order valence-electron chi connectivity index (χ3n) is 4.54. The van der Waals surface area contributed by atoms with Gasteiger partial charge in [-0.2, -0.15) is 0 Å². The van der Waals surface area contributed by atoms with E-state index in [0.717, 1.165) is 48.9 Å². The van der Waals surface area contributed by atoms with Gasteiger partial charge in [-0.25, -0.2) is 0 Å². The summed E-state index contributed by atoms with van der Waals surface area (Å²) >= 11 is 0. The third-order valence-corrected chi connectivity index (χ3v) is 10.8. The number of benzene rings is 2. The summed E-state index contributed by atoms with van der Waals surface area (Å²) in [5.41, 5.74) is 2.07. The van der Waals surface area contributed by atoms with Gasteiger partial charge in [0.05, 0.1) is 0 Å². The molecule has 0 unspecified atom stereocenters. The highest BCUT2D eigenvalue weighted by Gasteiger charge is 2.21. The second-order valence-electron chi connectivity index (χ2n) is 7.18. The normalized spacial score (nSPS) is 12.1. The number of phenols is 2. The molecule has 3 nitrogen and oxygen atoms in total. The molecule has 0 heterocycles. The van der Waals surface area contributed by atoms with E-state index in [1.165, 1.54) is 0 Å². The Hall–Kier alpha value is -1.57. The lowest BCUT2D eigenvalue weighted by Gasteiger charge is -2.23. The molecule has 2 N–H and O–H groups in total. The molecule has 0 aliphatic heterocycles. The first kappa shape index (κ1) is 19.8. The first-order valence-electron chi connectivity index (χ1n) is 9.16. The third kappa shape index (κ3) is 7.06. The van der Waals surface area contributed by atoms with Crippen molar-refractivity contribution in [1.29, 1.82) is 0 Å². The Morgan fingerprint density at radius 1 is 0.840 bits per heavy atom. The van der Waals surface area contributed by atoms with E-state index in [0.29, 0.717) is 11.5 Å². The Bertz CT molecular complexity index is 659. The molecule has 0 aliphatic rings. The lowest BCUT2D eigenvalue weighted by molar-refractivity contribution is 0.467. The zero-order valence-electron chi connectivity index (χ0n) is 15.4. The molecule has 0 amide bonds. The summed E-state index contributed by atoms with van der Waals surface area (Å²) in [7, 11) is -2.07. The van der Waals surface area contributed by atoms with Crippen LogP contribution in [0.25, 0.3) is 0 Å². The Labute approximate surface area is 154 Å². The summed E-state index contributed by atoms with van der Waals surface area (Å²) in [5, 5.41) is 19.6. The van der Waals surface area contributed by atoms with E-state index in [2.05, 4.69) is 13.1 Å². The van der Waals surface area contributed by atoms with E-state index >= 15 is 0 Å². The number of para-hydroxylation sites is 2. The van der Waals surface area contributed by atoms with E-state index in [1.807, 2.05) is 36.4 Å². The highest BCUT2D eigenvalue weighted by molar-refractivity contribution is 6.75. The maximum absolute atomic E-state index is 9.82. The van der Waals surface area contributed by atoms with Gasteiger partial charge in [0.25, 0.3) is 0 Å². The van der Waals surface area contributed by atoms with Crippen molar-refractivity contribution in [2.75, 3.05) is 0 Å². The van der Waals surface area contributed by atoms with Gasteiger partial charge >= 0.3 is 0 Å². The Balaban J connectivity index is 1.62. The minimum Gasteiger partial charge on any atom is -0.508 e. The van der Waals surface area contributed by atoms with Crippen LogP contribution in [0.5, 0.6) is 11.5 Å². The van der Waals surface area contributed by atoms with Crippen LogP contribution in [0.4, 0.5) is 0 Å². The van der Waals surface area contributed by atoms with Gasteiger partial charge in [0.2, 0.25) is 0 Å². The van der Waals surface area contributed by atoms with E-state index in [9.17, 15) is 10.2 Å². The summed E-state index contributed by atoms with van der Waals surface area (Å²) < 4.78 is 6.32. The van der Waals surface area contributed by atoms with Gasteiger partial charge in [0.1, 0.15) is 21.3 Å². The van der Waals surface area contributed by atoms with Crippen LogP contribution >= 0.6 is 0 Å². The molecule has 0 atom stereocenters. The molecule has 0 spiro atoms. The largest absolute Gasteiger partial charge is 0.508 e. The number of hydrogen-bond donors (Lipinski definition) is 2. The van der Waals surface area contributed by atoms with Crippen molar-refractivity contribution in [3.8, 4) is 11.5 Å². The van der Waals surface area contributed by atoms with Crippen molar-refractivity contribution in [3.05, 3.63) is 59.7 Å². The van der Waals surface area contributed by atoms with Gasteiger partial charge in [-0.3, -0.25) is 0 Å². The first-order valence-corrected chi connectivity index (χ1v) is 13.8. The highest BCUT2D eigenvalue weighted by Crippen LogP contribution is 2.22. The Kier molecular flexibility index (Phi) is 7.74. The van der Waals surface area contributed by atoms with E-state index in [4.69, 9.17) is 4.12 Å². The highest BCUT2D eigenvalue weighted by atomic mass is 28.4. The topological polar surface area (TPSA) is 49.7 Å². The number of aryl methyl sites for hydroxylation is 2. The molecule has 0 aromatic heterocycles. The number of rotatable bonds is 10. The summed E-state index contributed by atoms with van der Waals surface area (Å²) in [6.07, 6.45) is 4.01. The first-order chi connectivity index (χ1) is 12.0. The molecule has 0 aliphatic carbocycles. The molecule has 0 fully saturated rings. The Morgan fingerprint density at radius 2 is 1.36 bits per heavy atom. The van der Waals surface area contributed by atoms with Gasteiger partial charge in [-0.15, -0.1) is 0 Å². The van der Waals surface area contributed by atoms with Crippen LogP contribution in [0.3, 0.4) is 0 Å². The molecule has 5 heteroatoms. The molecule has 0 radical (unpaired) electrons. The smallest absolute Gasteiger partial charge is 0.172 e. The fourth-order valence-electron chi connectivity index (χ4n) is 2.99. The van der Waals surface area contributed by atoms with E-state index in [-0.39, 0.29) is 0 Å². The van der Waals surface area contributed by atoms with Crippen molar-refractivity contribution < 1.29 is 14.3 Å². The monoisotopic (exact) mass is 374 g/mol. The van der Waals surface area contributed by atoms with Gasteiger partial charge in [-0.05, 0) is 74.1 Å². The summed E-state index contributed by atoms with van der Waals surface area (Å²) in [6.45, 7) is 4.60. The van der Waals surface area contributed by atoms with Crippen molar-refractivity contribution in [1.82, 2.24) is 0 Å². The van der Waals surface area contributed by atoms with Crippen molar-refractivity contribution in [3.63, 3.8) is 0 Å². The van der Waals surface area contributed by atoms with Crippen LogP contribution in [-0.4, -0.2) is 28.3 Å². The fraction of sp³-hybridized carbons (Fsp3) is 0.400. The summed E-state index contributed by atoms with van der Waals surface area (Å²) in [4.78, 5) is 0. The van der Waals surface area contributed by atoms with Gasteiger partial charge < -0.3 is 14.3 Å². The summed E-state index contributed by atoms with van der Waals surface area (Å²) in [6, 6.07) is 17.5. The van der Waals surface area contributed by atoms with Crippen LogP contribution in [0.15, 0.2) is 48.5 Å². The van der Waals surface area contributed by atoms with Gasteiger partial charge in [0, 0.05) is 0 Å². The molecule has 0 saturated heterocycles. The van der Waals surface area contributed by atoms with Crippen molar-refractivity contribution in [2.24, 2.45) is 0 Å². The predicted octanol–water partition coefficient (Wildman–Crippen LogP) is 4.39. The van der Waals surface area contributed by atoms with Crippen LogP contribution < -0.4 is 0 Å². The average molecular weight is 375 g/mol. The quantitative estimate of drug-likeness (QED) is 0.479. The lowest BCUT2D eigenvalue weighted by atomic mass is 10.1. The van der Waals surface area contributed by atoms with Crippen molar-refractivity contribution in [2.45, 2.75) is 50.9 Å². The van der Waals surface area contributed by atoms with Crippen LogP contribution in [0.1, 0.15) is 24.0 Å². The molecular formula is C20H30O3Si2. The van der Waals surface area contributed by atoms with Gasteiger partial charge in [-0.1, -0.05) is 36.4 Å². The lowest BCUT2D eigenvalue weighted by Crippen LogP contribution is -2.31. The predicted molar refractivity (Wildman–Crippen MR) is 110 cm³/mol. The molecule has 136 valence electrons. The van der Waals surface area contributed by atoms with Crippen LogP contribution in [0, 0.1) is 0 Å². The van der Waals surface area contributed by atoms with Crippen LogP contribution in [-0.2, 0) is 17.0 Å². The van der Waals surface area contributed by atoms with Crippen LogP contribution in [0.2, 0.25) is 25.2 Å². The molecule has 0 bridgehead atoms. The fourth-order valence-corrected chi connectivity index (χ4v) is 7.83. The maximum Gasteiger partial charge on any atom is 0.172 e. The van der Waals surface area contributed by atoms with E-state index < -0.39 is 18.1 Å². The molecule has 2 rings (SSSR count). The SMILES string of the molecule is C[Si](C)(CCCc1ccccc1O)O[SiH2]CCCc1ccccc1O. The standard InChI is InChI=1S/C20H30O3Si2/c1-25(2,16-8-12-18-10-4-6-14-20(18)22)23-24-15-7-11-17-9-3-5-13-19(17)21/h3-6,9-10,13-14,21-22H,7-8,11-12,15-16,24H2,1-2H3. The molecule has 2 aromatic rings. The minimum atomic E-state index is -1.58. The van der Waals surface area contributed by atoms with Gasteiger partial charge in [0.15, 0.2) is 8.32 Å². The number of phenolic OH excluding ortho intramolecular Hbond substituents is 2. The molecule has 25 heavy (non-hydrogen) atoms. The minimum absolute atomic E-state index is 0.404. The summed E-state index contributed by atoms with van der Waals surface area (Å²) in [5.74, 6) is 0.811. The van der Waals surface area contributed by atoms with E-state index in [1.54, 1.807) is 12.1 Å².